The van der Waals surface area contributed by atoms with Gasteiger partial charge in [-0.05, 0) is 55.3 Å². The highest BCUT2D eigenvalue weighted by atomic mass is 19.4. The molecule has 0 aliphatic rings. The van der Waals surface area contributed by atoms with E-state index in [9.17, 15) is 17.6 Å². The minimum absolute atomic E-state index is 0.0326. The van der Waals surface area contributed by atoms with E-state index in [4.69, 9.17) is 0 Å². The molecule has 0 aliphatic carbocycles. The monoisotopic (exact) mass is 419 g/mol. The van der Waals surface area contributed by atoms with Crippen LogP contribution in [0, 0.1) is 5.82 Å². The zero-order valence-corrected chi connectivity index (χ0v) is 15.9. The Kier molecular flexibility index (Phi) is 5.10. The number of aromatic nitrogens is 6. The first-order chi connectivity index (χ1) is 14.3. The lowest BCUT2D eigenvalue weighted by Gasteiger charge is -2.17. The molecule has 0 aliphatic heterocycles. The van der Waals surface area contributed by atoms with Crippen molar-refractivity contribution >= 4 is 11.5 Å². The fraction of sp³-hybridized carbons (Fsp3) is 0.263. The van der Waals surface area contributed by atoms with Gasteiger partial charge >= 0.3 is 6.18 Å². The van der Waals surface area contributed by atoms with Gasteiger partial charge in [0.15, 0.2) is 5.65 Å². The second-order valence-electron chi connectivity index (χ2n) is 6.79. The second kappa shape index (κ2) is 7.73. The molecule has 0 fully saturated rings. The number of alkyl halides is 3. The van der Waals surface area contributed by atoms with Crippen molar-refractivity contribution in [3.63, 3.8) is 0 Å². The molecule has 4 rings (SSSR count). The minimum Gasteiger partial charge on any atom is -0.358 e. The van der Waals surface area contributed by atoms with Gasteiger partial charge in [-0.1, -0.05) is 0 Å². The number of hydrogen-bond donors (Lipinski definition) is 1. The van der Waals surface area contributed by atoms with Crippen molar-refractivity contribution in [3.8, 4) is 11.3 Å². The van der Waals surface area contributed by atoms with Crippen molar-refractivity contribution < 1.29 is 17.6 Å². The van der Waals surface area contributed by atoms with E-state index < -0.39 is 12.0 Å². The van der Waals surface area contributed by atoms with Crippen molar-refractivity contribution in [1.29, 1.82) is 0 Å². The smallest absolute Gasteiger partial charge is 0.358 e. The van der Waals surface area contributed by atoms with Gasteiger partial charge in [0.05, 0.1) is 5.69 Å². The topological polar surface area (TPSA) is 75.0 Å². The predicted molar refractivity (Wildman–Crippen MR) is 101 cm³/mol. The van der Waals surface area contributed by atoms with Gasteiger partial charge in [-0.2, -0.15) is 22.8 Å². The molecule has 0 bridgehead atoms. The molecule has 0 unspecified atom stereocenters. The zero-order chi connectivity index (χ0) is 21.3. The van der Waals surface area contributed by atoms with Gasteiger partial charge in [-0.15, -0.1) is 15.3 Å². The highest BCUT2D eigenvalue weighted by Gasteiger charge is 2.37. The standard InChI is InChI=1S/C19H17F4N7/c1-29(17-9-8-16-26-27-18(19(21,22)23)30(16)28-17)10-2-3-14-11-15(25-24-14)12-4-6-13(20)7-5-12/h4-9,11H,2-3,10H2,1H3,(H,24,25). The maximum absolute atomic E-state index is 13.0. The summed E-state index contributed by atoms with van der Waals surface area (Å²) in [7, 11) is 1.75. The predicted octanol–water partition coefficient (Wildman–Crippen LogP) is 3.74. The van der Waals surface area contributed by atoms with E-state index in [1.165, 1.54) is 18.2 Å². The average molecular weight is 419 g/mol. The number of halogens is 4. The van der Waals surface area contributed by atoms with Crippen LogP contribution in [0.2, 0.25) is 0 Å². The lowest BCUT2D eigenvalue weighted by molar-refractivity contribution is -0.146. The quantitative estimate of drug-likeness (QED) is 0.482. The van der Waals surface area contributed by atoms with E-state index in [2.05, 4.69) is 25.5 Å². The van der Waals surface area contributed by atoms with E-state index in [1.54, 1.807) is 30.1 Å². The molecule has 0 saturated heterocycles. The Morgan fingerprint density at radius 2 is 1.83 bits per heavy atom. The largest absolute Gasteiger partial charge is 0.453 e. The number of aromatic amines is 1. The maximum atomic E-state index is 13.0. The molecule has 7 nitrogen and oxygen atoms in total. The van der Waals surface area contributed by atoms with E-state index >= 15 is 0 Å². The summed E-state index contributed by atoms with van der Waals surface area (Å²) in [5.41, 5.74) is 2.47. The van der Waals surface area contributed by atoms with Crippen LogP contribution in [0.15, 0.2) is 42.5 Å². The third kappa shape index (κ3) is 4.09. The summed E-state index contributed by atoms with van der Waals surface area (Å²) in [5.74, 6) is -1.08. The Balaban J connectivity index is 1.39. The molecule has 0 amide bonds. The molecule has 1 aromatic carbocycles. The molecule has 30 heavy (non-hydrogen) atoms. The Bertz CT molecular complexity index is 1150. The fourth-order valence-electron chi connectivity index (χ4n) is 3.04. The molecule has 3 heterocycles. The summed E-state index contributed by atoms with van der Waals surface area (Å²) < 4.78 is 52.8. The summed E-state index contributed by atoms with van der Waals surface area (Å²) in [4.78, 5) is 1.76. The van der Waals surface area contributed by atoms with Gasteiger partial charge in [0, 0.05) is 24.8 Å². The van der Waals surface area contributed by atoms with Crippen molar-refractivity contribution in [3.05, 3.63) is 59.8 Å². The van der Waals surface area contributed by atoms with Crippen LogP contribution in [0.1, 0.15) is 17.9 Å². The van der Waals surface area contributed by atoms with E-state index in [0.717, 1.165) is 23.4 Å². The summed E-state index contributed by atoms with van der Waals surface area (Å²) in [6.07, 6.45) is -3.23. The number of fused-ring (bicyclic) bond motifs is 1. The first kappa shape index (κ1) is 19.8. The van der Waals surface area contributed by atoms with Gasteiger partial charge in [0.2, 0.25) is 0 Å². The van der Waals surface area contributed by atoms with Crippen LogP contribution in [-0.4, -0.2) is 43.6 Å². The summed E-state index contributed by atoms with van der Waals surface area (Å²) in [6.45, 7) is 0.562. The Hall–Kier alpha value is -3.50. The van der Waals surface area contributed by atoms with E-state index in [0.29, 0.717) is 23.3 Å². The molecular formula is C19H17F4N7. The Morgan fingerprint density at radius 3 is 2.57 bits per heavy atom. The minimum atomic E-state index is -4.63. The molecule has 11 heteroatoms. The number of H-pyrrole nitrogens is 1. The summed E-state index contributed by atoms with van der Waals surface area (Å²) in [6, 6.07) is 11.0. The lowest BCUT2D eigenvalue weighted by Crippen LogP contribution is -2.22. The highest BCUT2D eigenvalue weighted by molar-refractivity contribution is 5.59. The third-order valence-corrected chi connectivity index (χ3v) is 4.60. The first-order valence-corrected chi connectivity index (χ1v) is 9.12. The number of hydrogen-bond acceptors (Lipinski definition) is 5. The SMILES string of the molecule is CN(CCCc1cc(-c2ccc(F)cc2)n[nH]1)c1ccc2nnc(C(F)(F)F)n2n1. The van der Waals surface area contributed by atoms with Crippen LogP contribution < -0.4 is 4.90 Å². The van der Waals surface area contributed by atoms with Gasteiger partial charge in [-0.25, -0.2) is 4.39 Å². The van der Waals surface area contributed by atoms with Crippen LogP contribution >= 0.6 is 0 Å². The van der Waals surface area contributed by atoms with Crippen LogP contribution in [0.3, 0.4) is 0 Å². The van der Waals surface area contributed by atoms with Crippen LogP contribution in [-0.2, 0) is 12.6 Å². The highest BCUT2D eigenvalue weighted by Crippen LogP contribution is 2.28. The summed E-state index contributed by atoms with van der Waals surface area (Å²) in [5, 5.41) is 17.9. The average Bonchev–Trinajstić information content (AvgIpc) is 3.34. The number of anilines is 1. The van der Waals surface area contributed by atoms with Crippen molar-refractivity contribution in [2.45, 2.75) is 19.0 Å². The number of rotatable bonds is 6. The molecule has 0 spiro atoms. The van der Waals surface area contributed by atoms with Crippen molar-refractivity contribution in [1.82, 2.24) is 30.0 Å². The maximum Gasteiger partial charge on any atom is 0.453 e. The molecular weight excluding hydrogens is 402 g/mol. The van der Waals surface area contributed by atoms with Crippen LogP contribution in [0.4, 0.5) is 23.4 Å². The van der Waals surface area contributed by atoms with Gasteiger partial charge in [0.1, 0.15) is 11.6 Å². The molecule has 4 aromatic rings. The van der Waals surface area contributed by atoms with Crippen molar-refractivity contribution in [2.75, 3.05) is 18.5 Å². The van der Waals surface area contributed by atoms with Crippen molar-refractivity contribution in [2.24, 2.45) is 0 Å². The normalized spacial score (nSPS) is 11.9. The lowest BCUT2D eigenvalue weighted by atomic mass is 10.1. The van der Waals surface area contributed by atoms with Crippen LogP contribution in [0.5, 0.6) is 0 Å². The van der Waals surface area contributed by atoms with E-state index in [1.807, 2.05) is 6.07 Å². The molecule has 3 aromatic heterocycles. The van der Waals surface area contributed by atoms with Gasteiger partial charge < -0.3 is 4.90 Å². The Morgan fingerprint density at radius 1 is 1.07 bits per heavy atom. The molecule has 0 radical (unpaired) electrons. The van der Waals surface area contributed by atoms with Crippen LogP contribution in [0.25, 0.3) is 16.9 Å². The first-order valence-electron chi connectivity index (χ1n) is 9.12. The number of nitrogens with zero attached hydrogens (tertiary/aromatic N) is 6. The number of nitrogens with one attached hydrogen (secondary N) is 1. The molecule has 156 valence electrons. The van der Waals surface area contributed by atoms with E-state index in [-0.39, 0.29) is 11.5 Å². The molecule has 0 saturated carbocycles. The molecule has 1 N–H and O–H groups in total. The molecule has 0 atom stereocenters. The summed E-state index contributed by atoms with van der Waals surface area (Å²) >= 11 is 0. The number of benzene rings is 1. The fourth-order valence-corrected chi connectivity index (χ4v) is 3.04. The number of aryl methyl sites for hydroxylation is 1. The third-order valence-electron chi connectivity index (χ3n) is 4.60. The Labute approximate surface area is 168 Å². The van der Waals surface area contributed by atoms with Gasteiger partial charge in [-0.3, -0.25) is 5.10 Å². The van der Waals surface area contributed by atoms with Gasteiger partial charge in [0.25, 0.3) is 5.82 Å². The zero-order valence-electron chi connectivity index (χ0n) is 15.9. The second-order valence-corrected chi connectivity index (χ2v) is 6.79.